The van der Waals surface area contributed by atoms with Crippen LogP contribution in [0.15, 0.2) is 24.4 Å². The molecule has 0 saturated carbocycles. The molecule has 1 aliphatic carbocycles. The quantitative estimate of drug-likeness (QED) is 0.590. The minimum Gasteiger partial charge on any atom is -0.398 e. The molecule has 2 aromatic rings. The van der Waals surface area contributed by atoms with Gasteiger partial charge in [0, 0.05) is 36.3 Å². The first-order chi connectivity index (χ1) is 9.76. The van der Waals surface area contributed by atoms with Gasteiger partial charge in [-0.15, -0.1) is 0 Å². The van der Waals surface area contributed by atoms with E-state index >= 15 is 0 Å². The van der Waals surface area contributed by atoms with E-state index in [0.29, 0.717) is 5.82 Å². The molecule has 3 rings (SSSR count). The zero-order chi connectivity index (χ0) is 14.1. The fraction of sp³-hybridized carbons (Fsp3) is 0.250. The lowest BCUT2D eigenvalue weighted by Gasteiger charge is -2.14. The standard InChI is InChI=1S/C16H18N4/c1-19-16-14(9-17)12(7-8-20-16)13-6-5-10-3-2-4-11(10)15(13)18/h5-9,17H,2-4,18H2,1H3,(H,19,20). The van der Waals surface area contributed by atoms with Crippen LogP contribution in [0.1, 0.15) is 23.1 Å². The Hall–Kier alpha value is -2.36. The Morgan fingerprint density at radius 2 is 2.10 bits per heavy atom. The molecule has 1 aliphatic rings. The van der Waals surface area contributed by atoms with Crippen LogP contribution in [0, 0.1) is 5.41 Å². The van der Waals surface area contributed by atoms with Gasteiger partial charge in [-0.05, 0) is 42.0 Å². The van der Waals surface area contributed by atoms with Gasteiger partial charge in [0.2, 0.25) is 0 Å². The Morgan fingerprint density at radius 1 is 1.25 bits per heavy atom. The maximum absolute atomic E-state index is 7.66. The number of nitrogen functional groups attached to an aromatic ring is 1. The number of hydrogen-bond acceptors (Lipinski definition) is 4. The second-order valence-corrected chi connectivity index (χ2v) is 5.03. The number of fused-ring (bicyclic) bond motifs is 1. The number of anilines is 2. The molecule has 4 nitrogen and oxygen atoms in total. The Labute approximate surface area is 118 Å². The van der Waals surface area contributed by atoms with Gasteiger partial charge in [-0.1, -0.05) is 12.1 Å². The van der Waals surface area contributed by atoms with Crippen molar-refractivity contribution < 1.29 is 0 Å². The first-order valence-electron chi connectivity index (χ1n) is 6.84. The maximum Gasteiger partial charge on any atom is 0.135 e. The van der Waals surface area contributed by atoms with E-state index in [1.807, 2.05) is 13.1 Å². The largest absolute Gasteiger partial charge is 0.398 e. The number of nitrogens with one attached hydrogen (secondary N) is 2. The Balaban J connectivity index is 2.22. The van der Waals surface area contributed by atoms with E-state index in [1.165, 1.54) is 23.8 Å². The van der Waals surface area contributed by atoms with Crippen molar-refractivity contribution in [2.24, 2.45) is 0 Å². The summed E-state index contributed by atoms with van der Waals surface area (Å²) >= 11 is 0. The van der Waals surface area contributed by atoms with Crippen LogP contribution in [0.5, 0.6) is 0 Å². The third kappa shape index (κ3) is 1.84. The molecule has 1 aromatic carbocycles. The molecule has 0 unspecified atom stereocenters. The number of aryl methyl sites for hydroxylation is 1. The second-order valence-electron chi connectivity index (χ2n) is 5.03. The number of nitrogens with two attached hydrogens (primary N) is 1. The summed E-state index contributed by atoms with van der Waals surface area (Å²) in [4.78, 5) is 4.25. The number of benzene rings is 1. The minimum atomic E-state index is 0.706. The van der Waals surface area contributed by atoms with Crippen LogP contribution in [-0.2, 0) is 12.8 Å². The summed E-state index contributed by atoms with van der Waals surface area (Å²) < 4.78 is 0. The average molecular weight is 266 g/mol. The van der Waals surface area contributed by atoms with Crippen molar-refractivity contribution in [2.45, 2.75) is 19.3 Å². The monoisotopic (exact) mass is 266 g/mol. The lowest BCUT2D eigenvalue weighted by molar-refractivity contribution is 0.912. The molecule has 0 amide bonds. The highest BCUT2D eigenvalue weighted by molar-refractivity contribution is 5.97. The number of aromatic nitrogens is 1. The van der Waals surface area contributed by atoms with E-state index in [1.54, 1.807) is 6.20 Å². The number of nitrogens with zero attached hydrogens (tertiary/aromatic N) is 1. The third-order valence-corrected chi connectivity index (χ3v) is 3.99. The van der Waals surface area contributed by atoms with Gasteiger partial charge in [-0.25, -0.2) is 4.98 Å². The molecule has 0 spiro atoms. The molecule has 1 heterocycles. The van der Waals surface area contributed by atoms with Crippen LogP contribution in [0.4, 0.5) is 11.5 Å². The molecule has 102 valence electrons. The van der Waals surface area contributed by atoms with Crippen molar-refractivity contribution in [1.29, 1.82) is 5.41 Å². The lowest BCUT2D eigenvalue weighted by Crippen LogP contribution is -2.02. The molecule has 0 radical (unpaired) electrons. The molecule has 0 aliphatic heterocycles. The predicted molar refractivity (Wildman–Crippen MR) is 83.5 cm³/mol. The van der Waals surface area contributed by atoms with Crippen LogP contribution < -0.4 is 11.1 Å². The molecule has 0 bridgehead atoms. The summed E-state index contributed by atoms with van der Waals surface area (Å²) in [5, 5.41) is 10.7. The Bertz CT molecular complexity index is 676. The van der Waals surface area contributed by atoms with Crippen molar-refractivity contribution in [1.82, 2.24) is 4.98 Å². The van der Waals surface area contributed by atoms with Gasteiger partial charge in [0.15, 0.2) is 0 Å². The number of hydrogen-bond donors (Lipinski definition) is 3. The number of pyridine rings is 1. The smallest absolute Gasteiger partial charge is 0.135 e. The molecule has 4 heteroatoms. The SMILES string of the molecule is CNc1nccc(-c2ccc3c(c2N)CCC3)c1C=N. The topological polar surface area (TPSA) is 74.8 Å². The van der Waals surface area contributed by atoms with Crippen LogP contribution in [0.2, 0.25) is 0 Å². The van der Waals surface area contributed by atoms with E-state index in [0.717, 1.165) is 35.2 Å². The zero-order valence-corrected chi connectivity index (χ0v) is 11.5. The van der Waals surface area contributed by atoms with Crippen molar-refractivity contribution >= 4 is 17.7 Å². The van der Waals surface area contributed by atoms with Gasteiger partial charge < -0.3 is 16.5 Å². The molecule has 0 fully saturated rings. The Morgan fingerprint density at radius 3 is 2.85 bits per heavy atom. The molecule has 4 N–H and O–H groups in total. The van der Waals surface area contributed by atoms with Gasteiger partial charge >= 0.3 is 0 Å². The normalized spacial score (nSPS) is 13.1. The molecular weight excluding hydrogens is 248 g/mol. The second kappa shape index (κ2) is 4.96. The van der Waals surface area contributed by atoms with Crippen LogP contribution in [-0.4, -0.2) is 18.2 Å². The highest BCUT2D eigenvalue weighted by Gasteiger charge is 2.18. The first kappa shape index (κ1) is 12.7. The van der Waals surface area contributed by atoms with Crippen molar-refractivity contribution in [3.63, 3.8) is 0 Å². The van der Waals surface area contributed by atoms with E-state index in [-0.39, 0.29) is 0 Å². The minimum absolute atomic E-state index is 0.706. The van der Waals surface area contributed by atoms with Gasteiger partial charge in [-0.3, -0.25) is 0 Å². The molecule has 20 heavy (non-hydrogen) atoms. The van der Waals surface area contributed by atoms with E-state index < -0.39 is 0 Å². The van der Waals surface area contributed by atoms with Crippen molar-refractivity contribution in [2.75, 3.05) is 18.1 Å². The summed E-state index contributed by atoms with van der Waals surface area (Å²) in [6, 6.07) is 6.16. The van der Waals surface area contributed by atoms with E-state index in [9.17, 15) is 0 Å². The molecule has 0 atom stereocenters. The first-order valence-corrected chi connectivity index (χ1v) is 6.84. The van der Waals surface area contributed by atoms with E-state index in [2.05, 4.69) is 22.4 Å². The van der Waals surface area contributed by atoms with Gasteiger partial charge in [0.25, 0.3) is 0 Å². The van der Waals surface area contributed by atoms with Gasteiger partial charge in [0.05, 0.1) is 0 Å². The zero-order valence-electron chi connectivity index (χ0n) is 11.5. The van der Waals surface area contributed by atoms with E-state index in [4.69, 9.17) is 11.1 Å². The molecule has 1 aromatic heterocycles. The van der Waals surface area contributed by atoms with Crippen LogP contribution in [0.25, 0.3) is 11.1 Å². The summed E-state index contributed by atoms with van der Waals surface area (Å²) in [5.74, 6) is 0.706. The summed E-state index contributed by atoms with van der Waals surface area (Å²) in [6.45, 7) is 0. The fourth-order valence-corrected chi connectivity index (χ4v) is 2.98. The van der Waals surface area contributed by atoms with Crippen LogP contribution >= 0.6 is 0 Å². The highest BCUT2D eigenvalue weighted by Crippen LogP contribution is 2.37. The summed E-state index contributed by atoms with van der Waals surface area (Å²) in [6.07, 6.45) is 6.44. The Kier molecular flexibility index (Phi) is 3.14. The van der Waals surface area contributed by atoms with Gasteiger partial charge in [0.1, 0.15) is 5.82 Å². The summed E-state index contributed by atoms with van der Waals surface area (Å²) in [5.41, 5.74) is 12.6. The molecular formula is C16H18N4. The number of rotatable bonds is 3. The van der Waals surface area contributed by atoms with Gasteiger partial charge in [-0.2, -0.15) is 0 Å². The van der Waals surface area contributed by atoms with Crippen molar-refractivity contribution in [3.8, 4) is 11.1 Å². The maximum atomic E-state index is 7.66. The average Bonchev–Trinajstić information content (AvgIpc) is 2.96. The highest BCUT2D eigenvalue weighted by atomic mass is 15.0. The lowest BCUT2D eigenvalue weighted by atomic mass is 9.95. The molecule has 0 saturated heterocycles. The summed E-state index contributed by atoms with van der Waals surface area (Å²) in [7, 11) is 1.81. The fourth-order valence-electron chi connectivity index (χ4n) is 2.98. The third-order valence-electron chi connectivity index (χ3n) is 3.99. The predicted octanol–water partition coefficient (Wildman–Crippen LogP) is 2.86. The van der Waals surface area contributed by atoms with Crippen LogP contribution in [0.3, 0.4) is 0 Å². The van der Waals surface area contributed by atoms with Crippen molar-refractivity contribution in [3.05, 3.63) is 41.1 Å².